The molecule has 1 atom stereocenters. The molecule has 0 aromatic rings. The first-order valence-electron chi connectivity index (χ1n) is 7.54. The largest absolute Gasteiger partial charge is 0.459 e. The molecular formula is C16H34N2O3. The van der Waals surface area contributed by atoms with Gasteiger partial charge in [0.05, 0.1) is 0 Å². The summed E-state index contributed by atoms with van der Waals surface area (Å²) in [7, 11) is 3.79. The Hall–Kier alpha value is -0.940. The Morgan fingerprint density at radius 2 is 1.57 bits per heavy atom. The maximum atomic E-state index is 11.8. The first kappa shape index (κ1) is 22.3. The molecule has 0 spiro atoms. The van der Waals surface area contributed by atoms with E-state index in [0.29, 0.717) is 0 Å². The minimum Gasteiger partial charge on any atom is -0.459 e. The molecule has 0 bridgehead atoms. The third-order valence-corrected chi connectivity index (χ3v) is 2.79. The van der Waals surface area contributed by atoms with Crippen LogP contribution in [0.15, 0.2) is 0 Å². The minimum absolute atomic E-state index is 0.141. The van der Waals surface area contributed by atoms with Gasteiger partial charge >= 0.3 is 5.97 Å². The molecule has 0 saturated carbocycles. The summed E-state index contributed by atoms with van der Waals surface area (Å²) in [5.74, 6) is 0.123. The molecule has 1 fully saturated rings. The molecule has 1 saturated heterocycles. The highest BCUT2D eigenvalue weighted by molar-refractivity contribution is 5.76. The van der Waals surface area contributed by atoms with Gasteiger partial charge in [0.15, 0.2) is 0 Å². The van der Waals surface area contributed by atoms with E-state index < -0.39 is 5.60 Å². The molecule has 0 aliphatic carbocycles. The van der Waals surface area contributed by atoms with E-state index in [1.807, 2.05) is 60.4 Å². The fourth-order valence-electron chi connectivity index (χ4n) is 2.07. The summed E-state index contributed by atoms with van der Waals surface area (Å²) in [6, 6.07) is -0.158. The van der Waals surface area contributed by atoms with Crippen molar-refractivity contribution < 1.29 is 14.3 Å². The highest BCUT2D eigenvalue weighted by Gasteiger charge is 2.29. The number of carbonyl (C=O) groups is 2. The van der Waals surface area contributed by atoms with Crippen LogP contribution in [0.1, 0.15) is 47.5 Å². The Morgan fingerprint density at radius 1 is 1.14 bits per heavy atom. The summed E-state index contributed by atoms with van der Waals surface area (Å²) in [4.78, 5) is 21.7. The third kappa shape index (κ3) is 12.5. The summed E-state index contributed by atoms with van der Waals surface area (Å²) < 4.78 is 5.34. The Morgan fingerprint density at radius 3 is 1.76 bits per heavy atom. The van der Waals surface area contributed by atoms with E-state index in [2.05, 4.69) is 5.32 Å². The summed E-state index contributed by atoms with van der Waals surface area (Å²) >= 11 is 0. The maximum absolute atomic E-state index is 11.8. The van der Waals surface area contributed by atoms with Gasteiger partial charge in [-0.15, -0.1) is 0 Å². The number of rotatable bonds is 3. The van der Waals surface area contributed by atoms with E-state index in [-0.39, 0.29) is 17.9 Å². The fourth-order valence-corrected chi connectivity index (χ4v) is 2.07. The number of nitrogens with zero attached hydrogens (tertiary/aromatic N) is 1. The first-order chi connectivity index (χ1) is 9.65. The van der Waals surface area contributed by atoms with Gasteiger partial charge in [-0.1, -0.05) is 13.8 Å². The number of hydrogen-bond donors (Lipinski definition) is 1. The molecule has 1 aliphatic rings. The van der Waals surface area contributed by atoms with Gasteiger partial charge in [-0.25, -0.2) is 0 Å². The average Bonchev–Trinajstić information content (AvgIpc) is 2.86. The van der Waals surface area contributed by atoms with Crippen molar-refractivity contribution in [3.63, 3.8) is 0 Å². The number of ether oxygens (including phenoxy) is 1. The van der Waals surface area contributed by atoms with Crippen LogP contribution in [0.4, 0.5) is 0 Å². The smallest absolute Gasteiger partial charge is 0.324 e. The van der Waals surface area contributed by atoms with E-state index in [1.165, 1.54) is 25.9 Å². The fraction of sp³-hybridized carbons (Fsp3) is 0.875. The molecule has 0 radical (unpaired) electrons. The summed E-state index contributed by atoms with van der Waals surface area (Å²) in [6.07, 6.45) is 2.78. The highest BCUT2D eigenvalue weighted by Crippen LogP contribution is 2.14. The second kappa shape index (κ2) is 11.7. The second-order valence-corrected chi connectivity index (χ2v) is 6.64. The number of hydrogen-bond acceptors (Lipinski definition) is 5. The van der Waals surface area contributed by atoms with Crippen LogP contribution in [0.25, 0.3) is 0 Å². The Balaban J connectivity index is 0. The van der Waals surface area contributed by atoms with Crippen LogP contribution < -0.4 is 5.32 Å². The second-order valence-electron chi connectivity index (χ2n) is 6.64. The van der Waals surface area contributed by atoms with Gasteiger partial charge in [-0.2, -0.15) is 0 Å². The molecule has 21 heavy (non-hydrogen) atoms. The predicted molar refractivity (Wildman–Crippen MR) is 87.4 cm³/mol. The quantitative estimate of drug-likeness (QED) is 0.809. The molecule has 0 amide bonds. The Bertz CT molecular complexity index is 254. The molecule has 0 aromatic heterocycles. The van der Waals surface area contributed by atoms with E-state index in [9.17, 15) is 4.79 Å². The van der Waals surface area contributed by atoms with Crippen molar-refractivity contribution in [2.75, 3.05) is 27.2 Å². The minimum atomic E-state index is -0.403. The SMILES string of the molecule is C1CCNC1.C=O.CC(C)C(C(=O)OC(C)(C)C)N(C)C. The number of likely N-dealkylation sites (N-methyl/N-ethyl adjacent to an activating group) is 1. The van der Waals surface area contributed by atoms with E-state index in [0.717, 1.165) is 0 Å². The van der Waals surface area contributed by atoms with Gasteiger partial charge in [0, 0.05) is 0 Å². The number of carbonyl (C=O) groups excluding carboxylic acids is 2. The van der Waals surface area contributed by atoms with Gasteiger partial charge in [0.25, 0.3) is 0 Å². The molecule has 5 nitrogen and oxygen atoms in total. The molecule has 1 aliphatic heterocycles. The van der Waals surface area contributed by atoms with Gasteiger partial charge in [-0.05, 0) is 66.7 Å². The number of esters is 1. The summed E-state index contributed by atoms with van der Waals surface area (Å²) in [5, 5.41) is 3.22. The molecular weight excluding hydrogens is 268 g/mol. The standard InChI is InChI=1S/C11H23NO2.C4H9N.CH2O/c1-8(2)9(12(6)7)10(13)14-11(3,4)5;1-2-4-5-3-1;1-2/h8-9H,1-7H3;5H,1-4H2;1H2. The van der Waals surface area contributed by atoms with Crippen molar-refractivity contribution in [1.29, 1.82) is 0 Å². The van der Waals surface area contributed by atoms with Gasteiger partial charge in [0.2, 0.25) is 0 Å². The average molecular weight is 302 g/mol. The number of nitrogens with one attached hydrogen (secondary N) is 1. The van der Waals surface area contributed by atoms with Gasteiger partial charge in [0.1, 0.15) is 18.4 Å². The van der Waals surface area contributed by atoms with E-state index in [1.54, 1.807) is 0 Å². The van der Waals surface area contributed by atoms with Crippen LogP contribution in [-0.4, -0.2) is 56.5 Å². The molecule has 1 unspecified atom stereocenters. The highest BCUT2D eigenvalue weighted by atomic mass is 16.6. The van der Waals surface area contributed by atoms with Crippen LogP contribution in [0.3, 0.4) is 0 Å². The topological polar surface area (TPSA) is 58.6 Å². The molecule has 1 rings (SSSR count). The van der Waals surface area contributed by atoms with Crippen molar-refractivity contribution >= 4 is 12.8 Å². The monoisotopic (exact) mass is 302 g/mol. The van der Waals surface area contributed by atoms with Crippen molar-refractivity contribution in [2.24, 2.45) is 5.92 Å². The lowest BCUT2D eigenvalue weighted by Gasteiger charge is -2.29. The maximum Gasteiger partial charge on any atom is 0.324 e. The van der Waals surface area contributed by atoms with Crippen LogP contribution >= 0.6 is 0 Å². The normalized spacial score (nSPS) is 15.7. The van der Waals surface area contributed by atoms with Crippen molar-refractivity contribution in [1.82, 2.24) is 10.2 Å². The predicted octanol–water partition coefficient (Wildman–Crippen LogP) is 2.10. The summed E-state index contributed by atoms with van der Waals surface area (Å²) in [5.41, 5.74) is -0.403. The van der Waals surface area contributed by atoms with Crippen LogP contribution in [0.2, 0.25) is 0 Å². The van der Waals surface area contributed by atoms with Crippen molar-refractivity contribution in [3.8, 4) is 0 Å². The van der Waals surface area contributed by atoms with Crippen LogP contribution in [0, 0.1) is 5.92 Å². The lowest BCUT2D eigenvalue weighted by molar-refractivity contribution is -0.162. The lowest BCUT2D eigenvalue weighted by Crippen LogP contribution is -2.43. The molecule has 1 heterocycles. The first-order valence-corrected chi connectivity index (χ1v) is 7.54. The molecule has 0 aromatic carbocycles. The molecule has 5 heteroatoms. The van der Waals surface area contributed by atoms with E-state index in [4.69, 9.17) is 9.53 Å². The van der Waals surface area contributed by atoms with Crippen LogP contribution in [-0.2, 0) is 14.3 Å². The zero-order valence-electron chi connectivity index (χ0n) is 14.9. The molecule has 126 valence electrons. The zero-order chi connectivity index (χ0) is 17.1. The van der Waals surface area contributed by atoms with E-state index >= 15 is 0 Å². The third-order valence-electron chi connectivity index (χ3n) is 2.79. The summed E-state index contributed by atoms with van der Waals surface area (Å²) in [6.45, 7) is 14.2. The van der Waals surface area contributed by atoms with Gasteiger partial charge < -0.3 is 14.8 Å². The Labute approximate surface area is 130 Å². The molecule has 1 N–H and O–H groups in total. The van der Waals surface area contributed by atoms with Crippen molar-refractivity contribution in [3.05, 3.63) is 0 Å². The van der Waals surface area contributed by atoms with Gasteiger partial charge in [-0.3, -0.25) is 9.69 Å². The van der Waals surface area contributed by atoms with Crippen molar-refractivity contribution in [2.45, 2.75) is 59.1 Å². The van der Waals surface area contributed by atoms with Crippen LogP contribution in [0.5, 0.6) is 0 Å². The Kier molecular flexibility index (Phi) is 12.4. The zero-order valence-corrected chi connectivity index (χ0v) is 14.9. The lowest BCUT2D eigenvalue weighted by atomic mass is 10.0.